The number of nitrogens with two attached hydrogens (primary N) is 1. The van der Waals surface area contributed by atoms with Crippen LogP contribution in [0.1, 0.15) is 24.4 Å². The van der Waals surface area contributed by atoms with E-state index >= 15 is 0 Å². The maximum Gasteiger partial charge on any atom is 0.123 e. The van der Waals surface area contributed by atoms with Crippen molar-refractivity contribution in [1.29, 1.82) is 0 Å². The summed E-state index contributed by atoms with van der Waals surface area (Å²) in [5, 5.41) is 0.735. The standard InChI is InChI=1S/C13H19ClN2O/c1-17-13-5-4-10(14)8-11(13)12(9-15)16-6-2-3-7-16/h4-5,8,12H,2-3,6-7,9,15H2,1H3. The summed E-state index contributed by atoms with van der Waals surface area (Å²) in [5.74, 6) is 0.872. The van der Waals surface area contributed by atoms with Gasteiger partial charge in [-0.15, -0.1) is 0 Å². The van der Waals surface area contributed by atoms with Crippen molar-refractivity contribution in [3.8, 4) is 5.75 Å². The third-order valence-electron chi connectivity index (χ3n) is 3.36. The van der Waals surface area contributed by atoms with Crippen molar-refractivity contribution in [2.24, 2.45) is 5.73 Å². The van der Waals surface area contributed by atoms with Gasteiger partial charge in [-0.05, 0) is 44.1 Å². The zero-order chi connectivity index (χ0) is 12.3. The van der Waals surface area contributed by atoms with E-state index in [0.717, 1.165) is 29.4 Å². The van der Waals surface area contributed by atoms with E-state index in [1.165, 1.54) is 12.8 Å². The highest BCUT2D eigenvalue weighted by Crippen LogP contribution is 2.32. The van der Waals surface area contributed by atoms with Crippen LogP contribution in [0, 0.1) is 0 Å². The van der Waals surface area contributed by atoms with Crippen LogP contribution in [0.3, 0.4) is 0 Å². The molecule has 1 aromatic rings. The molecule has 1 aromatic carbocycles. The van der Waals surface area contributed by atoms with Crippen LogP contribution in [0.2, 0.25) is 5.02 Å². The van der Waals surface area contributed by atoms with Crippen molar-refractivity contribution in [2.45, 2.75) is 18.9 Å². The molecule has 0 aliphatic carbocycles. The lowest BCUT2D eigenvalue weighted by atomic mass is 10.0. The molecule has 94 valence electrons. The molecule has 2 rings (SSSR count). The third kappa shape index (κ3) is 2.73. The highest BCUT2D eigenvalue weighted by molar-refractivity contribution is 6.30. The van der Waals surface area contributed by atoms with Crippen molar-refractivity contribution in [2.75, 3.05) is 26.7 Å². The first-order valence-corrected chi connectivity index (χ1v) is 6.41. The maximum atomic E-state index is 6.07. The van der Waals surface area contributed by atoms with Gasteiger partial charge in [-0.1, -0.05) is 11.6 Å². The number of hydrogen-bond donors (Lipinski definition) is 1. The summed E-state index contributed by atoms with van der Waals surface area (Å²) in [7, 11) is 1.68. The first-order chi connectivity index (χ1) is 8.26. The highest BCUT2D eigenvalue weighted by Gasteiger charge is 2.24. The van der Waals surface area contributed by atoms with E-state index in [1.807, 2.05) is 18.2 Å². The molecule has 1 atom stereocenters. The summed E-state index contributed by atoms with van der Waals surface area (Å²) in [4.78, 5) is 2.41. The summed E-state index contributed by atoms with van der Waals surface area (Å²) in [6, 6.07) is 5.94. The number of methoxy groups -OCH3 is 1. The van der Waals surface area contributed by atoms with Gasteiger partial charge in [-0.2, -0.15) is 0 Å². The van der Waals surface area contributed by atoms with Crippen LogP contribution in [-0.2, 0) is 0 Å². The number of likely N-dealkylation sites (tertiary alicyclic amines) is 1. The molecule has 0 saturated carbocycles. The molecule has 1 heterocycles. The average Bonchev–Trinajstić information content (AvgIpc) is 2.84. The second kappa shape index (κ2) is 5.71. The van der Waals surface area contributed by atoms with Gasteiger partial charge in [0.2, 0.25) is 0 Å². The van der Waals surface area contributed by atoms with Gasteiger partial charge in [0.15, 0.2) is 0 Å². The predicted molar refractivity (Wildman–Crippen MR) is 70.6 cm³/mol. The lowest BCUT2D eigenvalue weighted by Crippen LogP contribution is -2.31. The van der Waals surface area contributed by atoms with Crippen LogP contribution < -0.4 is 10.5 Å². The molecule has 17 heavy (non-hydrogen) atoms. The van der Waals surface area contributed by atoms with Gasteiger partial charge in [-0.25, -0.2) is 0 Å². The number of halogens is 1. The third-order valence-corrected chi connectivity index (χ3v) is 3.59. The predicted octanol–water partition coefficient (Wildman–Crippen LogP) is 2.44. The molecule has 1 aliphatic heterocycles. The summed E-state index contributed by atoms with van der Waals surface area (Å²) < 4.78 is 5.40. The molecule has 3 nitrogen and oxygen atoms in total. The molecule has 2 N–H and O–H groups in total. The second-order valence-corrected chi connectivity index (χ2v) is 4.82. The van der Waals surface area contributed by atoms with E-state index in [4.69, 9.17) is 22.1 Å². The normalized spacial score (nSPS) is 18.3. The Hall–Kier alpha value is -0.770. The quantitative estimate of drug-likeness (QED) is 0.897. The number of benzene rings is 1. The Morgan fingerprint density at radius 2 is 2.12 bits per heavy atom. The lowest BCUT2D eigenvalue weighted by Gasteiger charge is -2.28. The second-order valence-electron chi connectivity index (χ2n) is 4.38. The van der Waals surface area contributed by atoms with Crippen molar-refractivity contribution in [1.82, 2.24) is 4.90 Å². The Labute approximate surface area is 107 Å². The van der Waals surface area contributed by atoms with E-state index in [1.54, 1.807) is 7.11 Å². The van der Waals surface area contributed by atoms with Crippen molar-refractivity contribution >= 4 is 11.6 Å². The SMILES string of the molecule is COc1ccc(Cl)cc1C(CN)N1CCCC1. The van der Waals surface area contributed by atoms with Crippen molar-refractivity contribution < 1.29 is 4.74 Å². The molecule has 0 radical (unpaired) electrons. The smallest absolute Gasteiger partial charge is 0.123 e. The first kappa shape index (κ1) is 12.7. The van der Waals surface area contributed by atoms with Crippen LogP contribution in [0.4, 0.5) is 0 Å². The summed E-state index contributed by atoms with van der Waals surface area (Å²) >= 11 is 6.07. The number of rotatable bonds is 4. The van der Waals surface area contributed by atoms with Gasteiger partial charge < -0.3 is 10.5 Å². The molecule has 1 unspecified atom stereocenters. The summed E-state index contributed by atoms with van der Waals surface area (Å²) in [6.07, 6.45) is 2.50. The van der Waals surface area contributed by atoms with Gasteiger partial charge in [0, 0.05) is 17.1 Å². The average molecular weight is 255 g/mol. The Kier molecular flexibility index (Phi) is 4.26. The molecular weight excluding hydrogens is 236 g/mol. The van der Waals surface area contributed by atoms with E-state index in [-0.39, 0.29) is 6.04 Å². The van der Waals surface area contributed by atoms with Gasteiger partial charge in [0.1, 0.15) is 5.75 Å². The van der Waals surface area contributed by atoms with Crippen LogP contribution in [0.5, 0.6) is 5.75 Å². The monoisotopic (exact) mass is 254 g/mol. The van der Waals surface area contributed by atoms with E-state index in [2.05, 4.69) is 4.90 Å². The minimum atomic E-state index is 0.214. The molecule has 1 fully saturated rings. The zero-order valence-electron chi connectivity index (χ0n) is 10.2. The Morgan fingerprint density at radius 1 is 1.41 bits per heavy atom. The topological polar surface area (TPSA) is 38.5 Å². The van der Waals surface area contributed by atoms with Crippen LogP contribution in [0.15, 0.2) is 18.2 Å². The fourth-order valence-electron chi connectivity index (χ4n) is 2.49. The maximum absolute atomic E-state index is 6.07. The molecule has 4 heteroatoms. The minimum Gasteiger partial charge on any atom is -0.496 e. The number of ether oxygens (including phenoxy) is 1. The molecule has 0 spiro atoms. The highest BCUT2D eigenvalue weighted by atomic mass is 35.5. The van der Waals surface area contributed by atoms with Crippen LogP contribution in [0.25, 0.3) is 0 Å². The van der Waals surface area contributed by atoms with Gasteiger partial charge in [0.05, 0.1) is 13.2 Å². The fourth-order valence-corrected chi connectivity index (χ4v) is 2.67. The molecule has 0 bridgehead atoms. The van der Waals surface area contributed by atoms with Crippen LogP contribution in [-0.4, -0.2) is 31.6 Å². The van der Waals surface area contributed by atoms with E-state index in [9.17, 15) is 0 Å². The molecule has 0 aromatic heterocycles. The Morgan fingerprint density at radius 3 is 2.71 bits per heavy atom. The van der Waals surface area contributed by atoms with E-state index < -0.39 is 0 Å². The minimum absolute atomic E-state index is 0.214. The van der Waals surface area contributed by atoms with Gasteiger partial charge in [0.25, 0.3) is 0 Å². The Balaban J connectivity index is 2.31. The molecular formula is C13H19ClN2O. The van der Waals surface area contributed by atoms with Gasteiger partial charge >= 0.3 is 0 Å². The first-order valence-electron chi connectivity index (χ1n) is 6.04. The summed E-state index contributed by atoms with van der Waals surface area (Å²) in [5.41, 5.74) is 7.02. The molecule has 1 aliphatic rings. The molecule has 1 saturated heterocycles. The van der Waals surface area contributed by atoms with Crippen LogP contribution >= 0.6 is 11.6 Å². The summed E-state index contributed by atoms with van der Waals surface area (Å²) in [6.45, 7) is 2.81. The van der Waals surface area contributed by atoms with E-state index in [0.29, 0.717) is 6.54 Å². The van der Waals surface area contributed by atoms with Crippen molar-refractivity contribution in [3.63, 3.8) is 0 Å². The lowest BCUT2D eigenvalue weighted by molar-refractivity contribution is 0.245. The van der Waals surface area contributed by atoms with Crippen molar-refractivity contribution in [3.05, 3.63) is 28.8 Å². The fraction of sp³-hybridized carbons (Fsp3) is 0.538. The number of hydrogen-bond acceptors (Lipinski definition) is 3. The Bertz CT molecular complexity index is 378. The largest absolute Gasteiger partial charge is 0.496 e. The molecule has 0 amide bonds. The zero-order valence-corrected chi connectivity index (χ0v) is 10.9. The van der Waals surface area contributed by atoms with Gasteiger partial charge in [-0.3, -0.25) is 4.90 Å². The number of nitrogens with zero attached hydrogens (tertiary/aromatic N) is 1.